The van der Waals surface area contributed by atoms with Crippen molar-refractivity contribution in [1.29, 1.82) is 0 Å². The summed E-state index contributed by atoms with van der Waals surface area (Å²) in [5.74, 6) is 0.498. The molecule has 1 spiro atoms. The number of amides is 1. The van der Waals surface area contributed by atoms with Gasteiger partial charge in [-0.05, 0) is 65.6 Å². The number of anilines is 1. The first-order valence-electron chi connectivity index (χ1n) is 19.7. The number of aliphatic hydroxyl groups excluding tert-OH is 1. The van der Waals surface area contributed by atoms with Crippen LogP contribution < -0.4 is 25.1 Å². The van der Waals surface area contributed by atoms with Gasteiger partial charge in [0.2, 0.25) is 0 Å². The number of hydrogen-bond donors (Lipinski definition) is 1. The van der Waals surface area contributed by atoms with E-state index in [9.17, 15) is 9.90 Å². The lowest BCUT2D eigenvalue weighted by atomic mass is 9.82. The molecule has 1 unspecified atom stereocenters. The van der Waals surface area contributed by atoms with Crippen LogP contribution in [-0.4, -0.2) is 65.6 Å². The Morgan fingerprint density at radius 2 is 1.66 bits per heavy atom. The van der Waals surface area contributed by atoms with E-state index >= 15 is 4.79 Å². The molecule has 2 aromatic heterocycles. The molecule has 0 saturated carbocycles. The van der Waals surface area contributed by atoms with Crippen LogP contribution in [0.15, 0.2) is 132 Å². The minimum absolute atomic E-state index is 0.0404. The van der Waals surface area contributed by atoms with Crippen molar-refractivity contribution in [3.05, 3.63) is 160 Å². The number of rotatable bonds is 13. The predicted octanol–water partition coefficient (Wildman–Crippen LogP) is 6.42. The molecule has 4 heterocycles. The van der Waals surface area contributed by atoms with Crippen LogP contribution in [0.4, 0.5) is 5.69 Å². The van der Waals surface area contributed by atoms with Crippen molar-refractivity contribution in [1.82, 2.24) is 19.6 Å². The summed E-state index contributed by atoms with van der Waals surface area (Å²) < 4.78 is 21.5. The van der Waals surface area contributed by atoms with Crippen LogP contribution in [0, 0.1) is 5.92 Å². The summed E-state index contributed by atoms with van der Waals surface area (Å²) in [5.41, 5.74) is 3.49. The Labute approximate surface area is 339 Å². The molecule has 0 aliphatic carbocycles. The Bertz CT molecular complexity index is 2470. The smallest absolute Gasteiger partial charge is 0.297 e. The third-order valence-corrected chi connectivity index (χ3v) is 16.7. The fraction of sp³-hybridized carbons (Fsp3) is 0.304. The third-order valence-electron chi connectivity index (χ3n) is 12.3. The minimum Gasteiger partial charge on any atom is -0.497 e. The SMILES string of the molecule is COc1ccc([Si](C)(C)[C@@H]2[C@@H](CCn3cc(C(CO)c4ccccc4)nn3)O[C@]3(C(=O)N(Cc4cccc(-n5cccc(OC)c5=O)c4)c4ccccc43)[C@H]2C)cc1. The highest BCUT2D eigenvalue weighted by Gasteiger charge is 2.66. The van der Waals surface area contributed by atoms with Crippen LogP contribution in [0.25, 0.3) is 5.69 Å². The van der Waals surface area contributed by atoms with Gasteiger partial charge in [0.15, 0.2) is 11.4 Å². The zero-order valence-electron chi connectivity index (χ0n) is 33.5. The van der Waals surface area contributed by atoms with E-state index in [-0.39, 0.29) is 47.3 Å². The van der Waals surface area contributed by atoms with Gasteiger partial charge >= 0.3 is 0 Å². The molecule has 12 heteroatoms. The van der Waals surface area contributed by atoms with Crippen molar-refractivity contribution in [2.45, 2.75) is 62.7 Å². The zero-order chi connectivity index (χ0) is 40.6. The van der Waals surface area contributed by atoms with Gasteiger partial charge in [0.05, 0.1) is 58.8 Å². The first-order chi connectivity index (χ1) is 28.1. The van der Waals surface area contributed by atoms with Gasteiger partial charge in [-0.25, -0.2) is 0 Å². The summed E-state index contributed by atoms with van der Waals surface area (Å²) in [6.07, 6.45) is 3.95. The second kappa shape index (κ2) is 15.8. The number of benzene rings is 4. The van der Waals surface area contributed by atoms with Gasteiger partial charge in [0.1, 0.15) is 5.75 Å². The lowest BCUT2D eigenvalue weighted by Gasteiger charge is -2.37. The summed E-state index contributed by atoms with van der Waals surface area (Å²) >= 11 is 0. The molecule has 1 N–H and O–H groups in total. The van der Waals surface area contributed by atoms with Crippen molar-refractivity contribution >= 4 is 24.9 Å². The molecule has 11 nitrogen and oxygen atoms in total. The normalized spacial score (nSPS) is 20.7. The molecular weight excluding hydrogens is 747 g/mol. The van der Waals surface area contributed by atoms with Crippen molar-refractivity contribution in [3.63, 3.8) is 0 Å². The fourth-order valence-corrected chi connectivity index (χ4v) is 13.5. The minimum atomic E-state index is -2.38. The molecule has 0 bridgehead atoms. The maximum absolute atomic E-state index is 15.3. The maximum atomic E-state index is 15.3. The number of aromatic nitrogens is 4. The maximum Gasteiger partial charge on any atom is 0.297 e. The van der Waals surface area contributed by atoms with Gasteiger partial charge < -0.3 is 24.2 Å². The topological polar surface area (TPSA) is 121 Å². The van der Waals surface area contributed by atoms with E-state index in [0.29, 0.717) is 30.9 Å². The summed E-state index contributed by atoms with van der Waals surface area (Å²) in [6.45, 7) is 7.67. The third kappa shape index (κ3) is 6.74. The number of pyridine rings is 1. The van der Waals surface area contributed by atoms with E-state index in [1.807, 2.05) is 107 Å². The van der Waals surface area contributed by atoms with Crippen molar-refractivity contribution in [3.8, 4) is 17.2 Å². The number of hydrogen-bond acceptors (Lipinski definition) is 8. The number of para-hydroxylation sites is 1. The van der Waals surface area contributed by atoms with E-state index in [0.717, 1.165) is 28.1 Å². The Kier molecular flexibility index (Phi) is 10.7. The van der Waals surface area contributed by atoms with Gasteiger partial charge in [-0.15, -0.1) is 5.10 Å². The number of ether oxygens (including phenoxy) is 3. The number of carbonyl (C=O) groups excluding carboxylic acids is 1. The second-order valence-electron chi connectivity index (χ2n) is 15.8. The molecule has 6 aromatic rings. The van der Waals surface area contributed by atoms with Crippen molar-refractivity contribution in [2.24, 2.45) is 5.92 Å². The van der Waals surface area contributed by atoms with Crippen LogP contribution in [0.1, 0.15) is 41.6 Å². The fourth-order valence-electron chi connectivity index (χ4n) is 9.41. The quantitative estimate of drug-likeness (QED) is 0.133. The van der Waals surface area contributed by atoms with Gasteiger partial charge in [-0.1, -0.05) is 103 Å². The average Bonchev–Trinajstić information content (AvgIpc) is 3.91. The Hall–Kier alpha value is -5.82. The Morgan fingerprint density at radius 3 is 2.40 bits per heavy atom. The lowest BCUT2D eigenvalue weighted by molar-refractivity contribution is -0.146. The molecule has 298 valence electrons. The van der Waals surface area contributed by atoms with Crippen molar-refractivity contribution in [2.75, 3.05) is 25.7 Å². The standard InChI is InChI=1S/C46H49N5O6Si/c1-31-43(58(4,5)36-22-20-35(55-2)21-23-36)41(24-26-49-29-39(47-48-49)37(30-52)33-14-7-6-8-15-33)57-46(31)38-17-9-10-18-40(38)51(45(46)54)28-32-13-11-16-34(27-32)50-25-12-19-42(56-3)44(50)53/h6-23,25,27,29,31,37,41,43,52H,24,26,28,30H2,1-5H3/t31-,37?,41+,43-,46+/m0/s1. The molecule has 2 aliphatic heterocycles. The predicted molar refractivity (Wildman–Crippen MR) is 226 cm³/mol. The second-order valence-corrected chi connectivity index (χ2v) is 20.5. The summed E-state index contributed by atoms with van der Waals surface area (Å²) in [7, 11) is 0.775. The van der Waals surface area contributed by atoms with E-state index in [1.165, 1.54) is 12.3 Å². The van der Waals surface area contributed by atoms with Gasteiger partial charge in [0, 0.05) is 36.1 Å². The van der Waals surface area contributed by atoms with Crippen LogP contribution in [0.3, 0.4) is 0 Å². The van der Waals surface area contributed by atoms with E-state index < -0.39 is 13.7 Å². The number of carbonyl (C=O) groups is 1. The van der Waals surface area contributed by atoms with Crippen LogP contribution in [0.5, 0.6) is 11.5 Å². The first kappa shape index (κ1) is 39.0. The number of fused-ring (bicyclic) bond motifs is 2. The van der Waals surface area contributed by atoms with Gasteiger partial charge in [-0.2, -0.15) is 0 Å². The highest BCUT2D eigenvalue weighted by Crippen LogP contribution is 2.60. The molecule has 2 aliphatic rings. The number of methoxy groups -OCH3 is 2. The van der Waals surface area contributed by atoms with E-state index in [1.54, 1.807) is 30.0 Å². The van der Waals surface area contributed by atoms with Gasteiger partial charge in [0.25, 0.3) is 11.5 Å². The monoisotopic (exact) mass is 795 g/mol. The highest BCUT2D eigenvalue weighted by molar-refractivity contribution is 6.91. The van der Waals surface area contributed by atoms with Crippen LogP contribution in [-0.2, 0) is 28.2 Å². The van der Waals surface area contributed by atoms with Crippen LogP contribution in [0.2, 0.25) is 18.6 Å². The van der Waals surface area contributed by atoms with Crippen LogP contribution >= 0.6 is 0 Å². The number of aryl methyl sites for hydroxylation is 1. The lowest BCUT2D eigenvalue weighted by Crippen LogP contribution is -2.51. The molecule has 5 atom stereocenters. The highest BCUT2D eigenvalue weighted by atomic mass is 28.3. The van der Waals surface area contributed by atoms with E-state index in [2.05, 4.69) is 42.5 Å². The molecule has 0 radical (unpaired) electrons. The molecule has 4 aromatic carbocycles. The number of aliphatic hydroxyl groups is 1. The Morgan fingerprint density at radius 1 is 0.897 bits per heavy atom. The molecule has 58 heavy (non-hydrogen) atoms. The van der Waals surface area contributed by atoms with Gasteiger partial charge in [-0.3, -0.25) is 18.8 Å². The zero-order valence-corrected chi connectivity index (χ0v) is 34.5. The number of nitrogens with zero attached hydrogens (tertiary/aromatic N) is 5. The first-order valence-corrected chi connectivity index (χ1v) is 22.8. The van der Waals surface area contributed by atoms with E-state index in [4.69, 9.17) is 14.2 Å². The average molecular weight is 796 g/mol. The largest absolute Gasteiger partial charge is 0.497 e. The summed E-state index contributed by atoms with van der Waals surface area (Å²) in [5, 5.41) is 20.5. The molecular formula is C46H49N5O6Si. The molecule has 1 saturated heterocycles. The Balaban J connectivity index is 1.14. The summed E-state index contributed by atoms with van der Waals surface area (Å²) in [6, 6.07) is 37.3. The summed E-state index contributed by atoms with van der Waals surface area (Å²) in [4.78, 5) is 30.3. The molecule has 1 amide bonds. The van der Waals surface area contributed by atoms with Crippen molar-refractivity contribution < 1.29 is 24.1 Å². The molecule has 8 rings (SSSR count). The molecule has 1 fully saturated rings.